The van der Waals surface area contributed by atoms with Crippen molar-refractivity contribution in [2.45, 2.75) is 6.61 Å². The number of benzene rings is 1. The molecule has 1 aromatic carbocycles. The summed E-state index contributed by atoms with van der Waals surface area (Å²) in [7, 11) is 5.62. The van der Waals surface area contributed by atoms with Crippen LogP contribution in [0.1, 0.15) is 5.82 Å². The zero-order valence-corrected chi connectivity index (χ0v) is 12.0. The van der Waals surface area contributed by atoms with Crippen LogP contribution in [0.5, 0.6) is 0 Å². The molecule has 1 heterocycles. The summed E-state index contributed by atoms with van der Waals surface area (Å²) in [6, 6.07) is 9.88. The molecule has 0 aliphatic rings. The van der Waals surface area contributed by atoms with Gasteiger partial charge in [0.2, 0.25) is 0 Å². The Balaban J connectivity index is 2.35. The molecule has 0 saturated carbocycles. The van der Waals surface area contributed by atoms with Crippen molar-refractivity contribution in [1.82, 2.24) is 9.97 Å². The second-order valence-electron chi connectivity index (χ2n) is 4.37. The second kappa shape index (κ2) is 5.99. The van der Waals surface area contributed by atoms with Gasteiger partial charge in [0.05, 0.1) is 5.69 Å². The summed E-state index contributed by atoms with van der Waals surface area (Å²) >= 11 is 6.00. The maximum Gasteiger partial charge on any atom is 0.156 e. The van der Waals surface area contributed by atoms with Crippen molar-refractivity contribution >= 4 is 17.3 Å². The van der Waals surface area contributed by atoms with Gasteiger partial charge in [0.1, 0.15) is 11.8 Å². The molecular formula is C14H16ClN3O. The predicted molar refractivity (Wildman–Crippen MR) is 77.5 cm³/mol. The van der Waals surface area contributed by atoms with E-state index >= 15 is 0 Å². The lowest BCUT2D eigenvalue weighted by molar-refractivity contribution is 0.178. The van der Waals surface area contributed by atoms with E-state index in [2.05, 4.69) is 9.97 Å². The van der Waals surface area contributed by atoms with Crippen molar-refractivity contribution in [2.75, 3.05) is 26.1 Å². The Kier molecular flexibility index (Phi) is 4.35. The minimum absolute atomic E-state index is 0.351. The van der Waals surface area contributed by atoms with E-state index in [-0.39, 0.29) is 0 Å². The number of rotatable bonds is 4. The van der Waals surface area contributed by atoms with Gasteiger partial charge in [0, 0.05) is 38.5 Å². The molecule has 1 aromatic heterocycles. The van der Waals surface area contributed by atoms with Crippen LogP contribution >= 0.6 is 11.6 Å². The van der Waals surface area contributed by atoms with Gasteiger partial charge in [-0.2, -0.15) is 0 Å². The molecule has 2 aromatic rings. The highest BCUT2D eigenvalue weighted by atomic mass is 35.5. The Morgan fingerprint density at radius 3 is 2.42 bits per heavy atom. The molecule has 2 rings (SSSR count). The van der Waals surface area contributed by atoms with Gasteiger partial charge in [-0.05, 0) is 12.1 Å². The minimum atomic E-state index is 0.351. The first-order valence-electron chi connectivity index (χ1n) is 5.90. The summed E-state index contributed by atoms with van der Waals surface area (Å²) < 4.78 is 5.03. The lowest BCUT2D eigenvalue weighted by Gasteiger charge is -2.12. The summed E-state index contributed by atoms with van der Waals surface area (Å²) in [6.45, 7) is 0.351. The van der Waals surface area contributed by atoms with Gasteiger partial charge in [-0.25, -0.2) is 9.97 Å². The normalized spacial score (nSPS) is 10.5. The number of ether oxygens (including phenoxy) is 1. The molecule has 0 bridgehead atoms. The topological polar surface area (TPSA) is 38.2 Å². The summed E-state index contributed by atoms with van der Waals surface area (Å²) in [6.07, 6.45) is 0. The van der Waals surface area contributed by atoms with Crippen LogP contribution in [0.3, 0.4) is 0 Å². The molecule has 0 radical (unpaired) electrons. The third-order valence-electron chi connectivity index (χ3n) is 2.69. The van der Waals surface area contributed by atoms with Gasteiger partial charge >= 0.3 is 0 Å². The first-order valence-corrected chi connectivity index (χ1v) is 6.28. The van der Waals surface area contributed by atoms with E-state index in [4.69, 9.17) is 16.3 Å². The van der Waals surface area contributed by atoms with E-state index in [0.717, 1.165) is 16.9 Å². The summed E-state index contributed by atoms with van der Waals surface area (Å²) in [5, 5.41) is 0.425. The molecule has 0 saturated heterocycles. The molecule has 5 heteroatoms. The molecule has 19 heavy (non-hydrogen) atoms. The number of hydrogen-bond acceptors (Lipinski definition) is 4. The first-order chi connectivity index (χ1) is 9.10. The van der Waals surface area contributed by atoms with Crippen molar-refractivity contribution in [2.24, 2.45) is 0 Å². The smallest absolute Gasteiger partial charge is 0.156 e. The molecule has 0 fully saturated rings. The average Bonchev–Trinajstić information content (AvgIpc) is 2.38. The molecule has 0 aliphatic carbocycles. The fourth-order valence-corrected chi connectivity index (χ4v) is 1.94. The molecule has 0 aliphatic heterocycles. The standard InChI is InChI=1S/C14H16ClN3O/c1-18(2)11-6-4-10(5-7-11)12-8-13(15)17-14(16-12)9-19-3/h4-8H,9H2,1-3H3. The number of halogens is 1. The third-order valence-corrected chi connectivity index (χ3v) is 2.89. The van der Waals surface area contributed by atoms with E-state index in [1.165, 1.54) is 0 Å². The van der Waals surface area contributed by atoms with Gasteiger partial charge in [0.15, 0.2) is 5.82 Å². The van der Waals surface area contributed by atoms with Crippen molar-refractivity contribution in [3.63, 3.8) is 0 Å². The van der Waals surface area contributed by atoms with Crippen molar-refractivity contribution in [3.05, 3.63) is 41.3 Å². The monoisotopic (exact) mass is 277 g/mol. The van der Waals surface area contributed by atoms with Crippen LogP contribution in [0.4, 0.5) is 5.69 Å². The molecule has 0 unspecified atom stereocenters. The molecule has 100 valence electrons. The van der Waals surface area contributed by atoms with Crippen LogP contribution in [-0.2, 0) is 11.3 Å². The van der Waals surface area contributed by atoms with Crippen molar-refractivity contribution in [3.8, 4) is 11.3 Å². The largest absolute Gasteiger partial charge is 0.378 e. The lowest BCUT2D eigenvalue weighted by Crippen LogP contribution is -2.08. The maximum atomic E-state index is 6.00. The third kappa shape index (κ3) is 3.43. The van der Waals surface area contributed by atoms with Gasteiger partial charge < -0.3 is 9.64 Å². The highest BCUT2D eigenvalue weighted by Crippen LogP contribution is 2.22. The van der Waals surface area contributed by atoms with Crippen LogP contribution in [0.25, 0.3) is 11.3 Å². The van der Waals surface area contributed by atoms with Crippen molar-refractivity contribution in [1.29, 1.82) is 0 Å². The number of anilines is 1. The summed E-state index contributed by atoms with van der Waals surface area (Å²) in [5.74, 6) is 0.585. The average molecular weight is 278 g/mol. The number of nitrogens with zero attached hydrogens (tertiary/aromatic N) is 3. The van der Waals surface area contributed by atoms with Crippen LogP contribution in [-0.4, -0.2) is 31.2 Å². The highest BCUT2D eigenvalue weighted by Gasteiger charge is 2.06. The molecule has 0 N–H and O–H groups in total. The predicted octanol–water partition coefficient (Wildman–Crippen LogP) is 3.01. The van der Waals surface area contributed by atoms with E-state index in [9.17, 15) is 0 Å². The molecule has 0 amide bonds. The van der Waals surface area contributed by atoms with E-state index in [0.29, 0.717) is 17.6 Å². The highest BCUT2D eigenvalue weighted by molar-refractivity contribution is 6.29. The summed E-state index contributed by atoms with van der Waals surface area (Å²) in [4.78, 5) is 10.6. The van der Waals surface area contributed by atoms with Crippen LogP contribution < -0.4 is 4.90 Å². The number of methoxy groups -OCH3 is 1. The van der Waals surface area contributed by atoms with Gasteiger partial charge in [-0.15, -0.1) is 0 Å². The number of hydrogen-bond donors (Lipinski definition) is 0. The SMILES string of the molecule is COCc1nc(Cl)cc(-c2ccc(N(C)C)cc2)n1. The van der Waals surface area contributed by atoms with E-state index in [1.54, 1.807) is 13.2 Å². The van der Waals surface area contributed by atoms with Gasteiger partial charge in [-0.1, -0.05) is 23.7 Å². The summed E-state index contributed by atoms with van der Waals surface area (Å²) in [5.41, 5.74) is 2.95. The molecule has 0 atom stereocenters. The van der Waals surface area contributed by atoms with E-state index < -0.39 is 0 Å². The van der Waals surface area contributed by atoms with Crippen LogP contribution in [0, 0.1) is 0 Å². The number of aromatic nitrogens is 2. The maximum absolute atomic E-state index is 6.00. The molecule has 0 spiro atoms. The van der Waals surface area contributed by atoms with Crippen molar-refractivity contribution < 1.29 is 4.74 Å². The zero-order chi connectivity index (χ0) is 13.8. The van der Waals surface area contributed by atoms with Crippen LogP contribution in [0.15, 0.2) is 30.3 Å². The Labute approximate surface area is 118 Å². The van der Waals surface area contributed by atoms with Gasteiger partial charge in [0.25, 0.3) is 0 Å². The van der Waals surface area contributed by atoms with Crippen LogP contribution in [0.2, 0.25) is 5.15 Å². The molecule has 4 nitrogen and oxygen atoms in total. The Morgan fingerprint density at radius 1 is 1.16 bits per heavy atom. The first kappa shape index (κ1) is 13.8. The second-order valence-corrected chi connectivity index (χ2v) is 4.75. The Morgan fingerprint density at radius 2 is 1.84 bits per heavy atom. The minimum Gasteiger partial charge on any atom is -0.378 e. The quantitative estimate of drug-likeness (QED) is 0.805. The lowest BCUT2D eigenvalue weighted by atomic mass is 10.1. The molecular weight excluding hydrogens is 262 g/mol. The zero-order valence-electron chi connectivity index (χ0n) is 11.2. The Hall–Kier alpha value is -1.65. The fourth-order valence-electron chi connectivity index (χ4n) is 1.74. The van der Waals surface area contributed by atoms with Gasteiger partial charge in [-0.3, -0.25) is 0 Å². The van der Waals surface area contributed by atoms with E-state index in [1.807, 2.05) is 43.3 Å². The fraction of sp³-hybridized carbons (Fsp3) is 0.286. The Bertz CT molecular complexity index is 555.